The van der Waals surface area contributed by atoms with Crippen LogP contribution in [0.25, 0.3) is 11.1 Å². The van der Waals surface area contributed by atoms with Gasteiger partial charge in [0.2, 0.25) is 5.91 Å². The molecular formula is C34H40F3N3O3S. The van der Waals surface area contributed by atoms with Gasteiger partial charge in [0.25, 0.3) is 5.91 Å². The van der Waals surface area contributed by atoms with Crippen LogP contribution in [0.2, 0.25) is 0 Å². The molecular weight excluding hydrogens is 587 g/mol. The van der Waals surface area contributed by atoms with E-state index >= 15 is 0 Å². The summed E-state index contributed by atoms with van der Waals surface area (Å²) in [5.41, 5.74) is 2.06. The predicted molar refractivity (Wildman–Crippen MR) is 169 cm³/mol. The molecule has 0 bridgehead atoms. The summed E-state index contributed by atoms with van der Waals surface area (Å²) >= 11 is 1.73. The Balaban J connectivity index is 1.14. The van der Waals surface area contributed by atoms with Crippen molar-refractivity contribution in [1.82, 2.24) is 15.5 Å². The Morgan fingerprint density at radius 3 is 2.48 bits per heavy atom. The molecule has 236 valence electrons. The Labute approximate surface area is 261 Å². The van der Waals surface area contributed by atoms with E-state index in [0.29, 0.717) is 49.4 Å². The highest BCUT2D eigenvalue weighted by atomic mass is 32.2. The molecule has 1 saturated heterocycles. The first kappa shape index (κ1) is 33.6. The van der Waals surface area contributed by atoms with Crippen molar-refractivity contribution in [3.63, 3.8) is 0 Å². The van der Waals surface area contributed by atoms with E-state index in [1.54, 1.807) is 36.0 Å². The van der Waals surface area contributed by atoms with Crippen molar-refractivity contribution in [1.29, 1.82) is 0 Å². The number of alkyl halides is 3. The summed E-state index contributed by atoms with van der Waals surface area (Å²) in [7, 11) is 0. The number of carbonyl (C=O) groups is 2. The summed E-state index contributed by atoms with van der Waals surface area (Å²) in [6.45, 7) is 3.93. The molecule has 1 aliphatic heterocycles. The fourth-order valence-corrected chi connectivity index (χ4v) is 5.95. The maximum Gasteiger partial charge on any atom is 0.416 e. The number of morpholine rings is 1. The van der Waals surface area contributed by atoms with Crippen molar-refractivity contribution < 1.29 is 27.5 Å². The van der Waals surface area contributed by atoms with Crippen LogP contribution in [0.15, 0.2) is 77.7 Å². The van der Waals surface area contributed by atoms with E-state index in [1.807, 2.05) is 12.1 Å². The minimum Gasteiger partial charge on any atom is -0.374 e. The molecule has 6 nitrogen and oxygen atoms in total. The summed E-state index contributed by atoms with van der Waals surface area (Å²) < 4.78 is 44.8. The van der Waals surface area contributed by atoms with E-state index in [1.165, 1.54) is 22.6 Å². The Hall–Kier alpha value is -3.34. The summed E-state index contributed by atoms with van der Waals surface area (Å²) in [4.78, 5) is 28.9. The Kier molecular flexibility index (Phi) is 12.7. The maximum atomic E-state index is 13.1. The van der Waals surface area contributed by atoms with Crippen LogP contribution in [0.5, 0.6) is 0 Å². The molecule has 2 amide bonds. The highest BCUT2D eigenvalue weighted by Gasteiger charge is 2.30. The van der Waals surface area contributed by atoms with E-state index in [-0.39, 0.29) is 17.9 Å². The number of ether oxygens (including phenoxy) is 1. The highest BCUT2D eigenvalue weighted by molar-refractivity contribution is 7.98. The molecule has 44 heavy (non-hydrogen) atoms. The average Bonchev–Trinajstić information content (AvgIpc) is 3.03. The van der Waals surface area contributed by atoms with E-state index in [4.69, 9.17) is 4.74 Å². The van der Waals surface area contributed by atoms with Gasteiger partial charge in [-0.05, 0) is 79.4 Å². The number of nitrogens with zero attached hydrogens (tertiary/aromatic N) is 1. The zero-order chi connectivity index (χ0) is 31.4. The van der Waals surface area contributed by atoms with Gasteiger partial charge >= 0.3 is 6.18 Å². The standard InChI is InChI=1S/C34H40F3N3O3S/c1-44-31-13-5-2-9-26(31)10-8-14-32(41)38-19-6-7-20-40-21-22-43-28(24-40)23-39-33(42)30-12-4-3-11-29(30)25-15-17-27(18-16-25)34(35,36)37/h2-5,9,11-13,15-18,28H,6-8,10,14,19-24H2,1H3,(H,38,41)(H,39,42). The second-order valence-electron chi connectivity index (χ2n) is 10.8. The van der Waals surface area contributed by atoms with E-state index in [2.05, 4.69) is 33.9 Å². The van der Waals surface area contributed by atoms with Crippen LogP contribution in [0.1, 0.15) is 47.2 Å². The summed E-state index contributed by atoms with van der Waals surface area (Å²) in [5, 5.41) is 5.97. The topological polar surface area (TPSA) is 70.7 Å². The fourth-order valence-electron chi connectivity index (χ4n) is 5.31. The van der Waals surface area contributed by atoms with Crippen LogP contribution in [0, 0.1) is 0 Å². The third-order valence-corrected chi connectivity index (χ3v) is 8.51. The second kappa shape index (κ2) is 16.7. The number of benzene rings is 3. The second-order valence-corrected chi connectivity index (χ2v) is 11.7. The number of thioether (sulfide) groups is 1. The van der Waals surface area contributed by atoms with Crippen molar-refractivity contribution in [3.05, 3.63) is 89.5 Å². The molecule has 3 aromatic carbocycles. The quantitative estimate of drug-likeness (QED) is 0.159. The highest BCUT2D eigenvalue weighted by Crippen LogP contribution is 2.32. The normalized spacial score (nSPS) is 15.6. The fraction of sp³-hybridized carbons (Fsp3) is 0.412. The number of unbranched alkanes of at least 4 members (excludes halogenated alkanes) is 1. The summed E-state index contributed by atoms with van der Waals surface area (Å²) in [5.74, 6) is -0.209. The lowest BCUT2D eigenvalue weighted by Crippen LogP contribution is -2.47. The first-order valence-electron chi connectivity index (χ1n) is 15.0. The van der Waals surface area contributed by atoms with Crippen LogP contribution in [0.4, 0.5) is 13.2 Å². The first-order chi connectivity index (χ1) is 21.2. The largest absolute Gasteiger partial charge is 0.416 e. The molecule has 1 atom stereocenters. The molecule has 0 spiro atoms. The van der Waals surface area contributed by atoms with Gasteiger partial charge in [0.05, 0.1) is 18.3 Å². The zero-order valence-electron chi connectivity index (χ0n) is 25.0. The SMILES string of the molecule is CSc1ccccc1CCCC(=O)NCCCCN1CCOC(CNC(=O)c2ccccc2-c2ccc(C(F)(F)F)cc2)C1. The van der Waals surface area contributed by atoms with E-state index < -0.39 is 11.7 Å². The molecule has 10 heteroatoms. The number of rotatable bonds is 14. The van der Waals surface area contributed by atoms with Gasteiger partial charge in [-0.3, -0.25) is 14.5 Å². The van der Waals surface area contributed by atoms with Crippen molar-refractivity contribution in [2.24, 2.45) is 0 Å². The average molecular weight is 628 g/mol. The lowest BCUT2D eigenvalue weighted by Gasteiger charge is -2.33. The van der Waals surface area contributed by atoms with Gasteiger partial charge in [0.15, 0.2) is 0 Å². The van der Waals surface area contributed by atoms with Gasteiger partial charge in [0, 0.05) is 43.1 Å². The van der Waals surface area contributed by atoms with E-state index in [9.17, 15) is 22.8 Å². The van der Waals surface area contributed by atoms with E-state index in [0.717, 1.165) is 50.9 Å². The Bertz CT molecular complexity index is 1370. The van der Waals surface area contributed by atoms with Gasteiger partial charge in [-0.25, -0.2) is 0 Å². The summed E-state index contributed by atoms with van der Waals surface area (Å²) in [6, 6.07) is 20.0. The Morgan fingerprint density at radius 2 is 1.70 bits per heavy atom. The molecule has 0 saturated carbocycles. The van der Waals surface area contributed by atoms with Gasteiger partial charge in [-0.2, -0.15) is 13.2 Å². The van der Waals surface area contributed by atoms with Crippen molar-refractivity contribution >= 4 is 23.6 Å². The smallest absolute Gasteiger partial charge is 0.374 e. The minimum absolute atomic E-state index is 0.0914. The molecule has 1 heterocycles. The van der Waals surface area contributed by atoms with Crippen LogP contribution in [-0.2, 0) is 22.1 Å². The molecule has 4 rings (SSSR count). The molecule has 2 N–H and O–H groups in total. The van der Waals surface area contributed by atoms with Crippen LogP contribution in [-0.4, -0.2) is 68.4 Å². The minimum atomic E-state index is -4.42. The molecule has 1 aliphatic rings. The van der Waals surface area contributed by atoms with Gasteiger partial charge in [-0.1, -0.05) is 48.5 Å². The third kappa shape index (κ3) is 10.1. The van der Waals surface area contributed by atoms with Crippen molar-refractivity contribution in [3.8, 4) is 11.1 Å². The summed E-state index contributed by atoms with van der Waals surface area (Å²) in [6.07, 6.45) is 1.57. The van der Waals surface area contributed by atoms with Crippen LogP contribution >= 0.6 is 11.8 Å². The zero-order valence-corrected chi connectivity index (χ0v) is 25.8. The monoisotopic (exact) mass is 627 g/mol. The Morgan fingerprint density at radius 1 is 0.955 bits per heavy atom. The number of halogens is 3. The number of amides is 2. The number of aryl methyl sites for hydroxylation is 1. The van der Waals surface area contributed by atoms with Crippen LogP contribution < -0.4 is 10.6 Å². The molecule has 0 aliphatic carbocycles. The van der Waals surface area contributed by atoms with Crippen molar-refractivity contribution in [2.75, 3.05) is 45.6 Å². The lowest BCUT2D eigenvalue weighted by atomic mass is 9.98. The number of hydrogen-bond acceptors (Lipinski definition) is 5. The molecule has 0 aromatic heterocycles. The van der Waals surface area contributed by atoms with Crippen molar-refractivity contribution in [2.45, 2.75) is 49.3 Å². The number of hydrogen-bond donors (Lipinski definition) is 2. The predicted octanol–water partition coefficient (Wildman–Crippen LogP) is 6.44. The first-order valence-corrected chi connectivity index (χ1v) is 16.2. The lowest BCUT2D eigenvalue weighted by molar-refractivity contribution is -0.137. The molecule has 1 fully saturated rings. The van der Waals surface area contributed by atoms with Gasteiger partial charge < -0.3 is 15.4 Å². The number of carbonyl (C=O) groups excluding carboxylic acids is 2. The molecule has 3 aromatic rings. The van der Waals surface area contributed by atoms with Gasteiger partial charge in [0.1, 0.15) is 0 Å². The molecule has 0 radical (unpaired) electrons. The number of nitrogens with one attached hydrogen (secondary N) is 2. The third-order valence-electron chi connectivity index (χ3n) is 7.67. The van der Waals surface area contributed by atoms with Gasteiger partial charge in [-0.15, -0.1) is 11.8 Å². The maximum absolute atomic E-state index is 13.1. The molecule has 1 unspecified atom stereocenters. The van der Waals surface area contributed by atoms with Crippen LogP contribution in [0.3, 0.4) is 0 Å².